The summed E-state index contributed by atoms with van der Waals surface area (Å²) in [5, 5.41) is 27.8. The maximum Gasteiger partial charge on any atom is 0.326 e. The Hall–Kier alpha value is -1.67. The van der Waals surface area contributed by atoms with Crippen molar-refractivity contribution in [2.45, 2.75) is 116 Å². The Morgan fingerprint density at radius 1 is 0.774 bits per heavy atom. The second kappa shape index (κ2) is 24.6. The summed E-state index contributed by atoms with van der Waals surface area (Å²) >= 11 is 0. The SMILES string of the molecule is CCCCCCCCCCCCCCCC(=O)NC(CCC(=O)O)C(=O)O.NCCO. The van der Waals surface area contributed by atoms with E-state index >= 15 is 0 Å². The second-order valence-electron chi connectivity index (χ2n) is 7.90. The Balaban J connectivity index is 0. The van der Waals surface area contributed by atoms with Gasteiger partial charge in [0.15, 0.2) is 0 Å². The first-order valence-corrected chi connectivity index (χ1v) is 11.9. The summed E-state index contributed by atoms with van der Waals surface area (Å²) in [6.45, 7) is 2.71. The fourth-order valence-corrected chi connectivity index (χ4v) is 3.10. The lowest BCUT2D eigenvalue weighted by Gasteiger charge is -2.13. The van der Waals surface area contributed by atoms with E-state index in [2.05, 4.69) is 12.2 Å². The van der Waals surface area contributed by atoms with E-state index in [0.29, 0.717) is 13.0 Å². The van der Waals surface area contributed by atoms with Crippen molar-refractivity contribution in [1.29, 1.82) is 0 Å². The fraction of sp³-hybridized carbons (Fsp3) is 0.870. The lowest BCUT2D eigenvalue weighted by molar-refractivity contribution is -0.143. The van der Waals surface area contributed by atoms with Gasteiger partial charge in [-0.1, -0.05) is 84.0 Å². The van der Waals surface area contributed by atoms with E-state index in [-0.39, 0.29) is 25.4 Å². The average molecular weight is 447 g/mol. The van der Waals surface area contributed by atoms with Crippen molar-refractivity contribution in [2.24, 2.45) is 5.73 Å². The number of carboxylic acid groups (broad SMARTS) is 2. The quantitative estimate of drug-likeness (QED) is 0.178. The van der Waals surface area contributed by atoms with Crippen LogP contribution in [0.15, 0.2) is 0 Å². The summed E-state index contributed by atoms with van der Waals surface area (Å²) in [6.07, 6.45) is 15.9. The number of amides is 1. The molecule has 0 radical (unpaired) electrons. The molecule has 8 nitrogen and oxygen atoms in total. The summed E-state index contributed by atoms with van der Waals surface area (Å²) < 4.78 is 0. The van der Waals surface area contributed by atoms with Crippen LogP contribution in [0.4, 0.5) is 0 Å². The lowest BCUT2D eigenvalue weighted by atomic mass is 10.0. The van der Waals surface area contributed by atoms with Gasteiger partial charge in [0.1, 0.15) is 6.04 Å². The van der Waals surface area contributed by atoms with E-state index in [0.717, 1.165) is 19.3 Å². The topological polar surface area (TPSA) is 150 Å². The first kappa shape index (κ1) is 31.5. The predicted octanol–water partition coefficient (Wildman–Crippen LogP) is 3.84. The van der Waals surface area contributed by atoms with Gasteiger partial charge in [-0.2, -0.15) is 0 Å². The zero-order valence-corrected chi connectivity index (χ0v) is 19.4. The van der Waals surface area contributed by atoms with Crippen molar-refractivity contribution in [3.8, 4) is 0 Å². The van der Waals surface area contributed by atoms with Crippen LogP contribution in [0.3, 0.4) is 0 Å². The molecule has 184 valence electrons. The van der Waals surface area contributed by atoms with Crippen molar-refractivity contribution in [1.82, 2.24) is 5.32 Å². The van der Waals surface area contributed by atoms with Gasteiger partial charge in [0.05, 0.1) is 6.61 Å². The number of hydrogen-bond donors (Lipinski definition) is 5. The maximum atomic E-state index is 11.8. The van der Waals surface area contributed by atoms with Gasteiger partial charge in [-0.15, -0.1) is 0 Å². The van der Waals surface area contributed by atoms with Crippen LogP contribution in [-0.4, -0.2) is 52.4 Å². The summed E-state index contributed by atoms with van der Waals surface area (Å²) in [5.74, 6) is -2.56. The Morgan fingerprint density at radius 3 is 1.55 bits per heavy atom. The molecule has 1 unspecified atom stereocenters. The maximum absolute atomic E-state index is 11.8. The predicted molar refractivity (Wildman–Crippen MR) is 123 cm³/mol. The van der Waals surface area contributed by atoms with Crippen molar-refractivity contribution in [3.63, 3.8) is 0 Å². The highest BCUT2D eigenvalue weighted by atomic mass is 16.4. The van der Waals surface area contributed by atoms with Gasteiger partial charge in [0.2, 0.25) is 5.91 Å². The number of carboxylic acids is 2. The molecule has 0 spiro atoms. The van der Waals surface area contributed by atoms with Crippen LogP contribution in [0.5, 0.6) is 0 Å². The Bertz CT molecular complexity index is 444. The van der Waals surface area contributed by atoms with Crippen LogP contribution in [0.25, 0.3) is 0 Å². The van der Waals surface area contributed by atoms with Crippen molar-refractivity contribution in [2.75, 3.05) is 13.2 Å². The zero-order chi connectivity index (χ0) is 23.7. The minimum atomic E-state index is -1.19. The van der Waals surface area contributed by atoms with E-state index in [4.69, 9.17) is 21.1 Å². The molecule has 0 aromatic rings. The normalized spacial score (nSPS) is 11.3. The van der Waals surface area contributed by atoms with Gasteiger partial charge in [-0.3, -0.25) is 9.59 Å². The smallest absolute Gasteiger partial charge is 0.326 e. The van der Waals surface area contributed by atoms with E-state index in [1.54, 1.807) is 0 Å². The number of hydrogen-bond acceptors (Lipinski definition) is 5. The molecule has 0 saturated carbocycles. The molecule has 8 heteroatoms. The molecule has 0 rings (SSSR count). The Kier molecular flexibility index (Phi) is 25.0. The molecule has 0 aliphatic carbocycles. The summed E-state index contributed by atoms with van der Waals surface area (Å²) in [6, 6.07) is -1.12. The molecule has 0 fully saturated rings. The number of carbonyl (C=O) groups is 3. The van der Waals surface area contributed by atoms with Crippen molar-refractivity contribution < 1.29 is 29.7 Å². The number of rotatable bonds is 20. The summed E-state index contributed by atoms with van der Waals surface area (Å²) in [4.78, 5) is 33.3. The third-order valence-corrected chi connectivity index (χ3v) is 4.92. The molecule has 0 heterocycles. The van der Waals surface area contributed by atoms with E-state index < -0.39 is 18.0 Å². The number of aliphatic hydroxyl groups excluding tert-OH is 1. The molecule has 0 aliphatic rings. The highest BCUT2D eigenvalue weighted by molar-refractivity contribution is 5.83. The molecule has 1 amide bonds. The highest BCUT2D eigenvalue weighted by Gasteiger charge is 2.20. The molecule has 0 saturated heterocycles. The van der Waals surface area contributed by atoms with Gasteiger partial charge in [-0.25, -0.2) is 4.79 Å². The van der Waals surface area contributed by atoms with Crippen LogP contribution in [0.1, 0.15) is 110 Å². The van der Waals surface area contributed by atoms with Crippen LogP contribution in [0.2, 0.25) is 0 Å². The zero-order valence-electron chi connectivity index (χ0n) is 19.4. The molecule has 0 bridgehead atoms. The largest absolute Gasteiger partial charge is 0.481 e. The third kappa shape index (κ3) is 26.3. The van der Waals surface area contributed by atoms with E-state index in [1.807, 2.05) is 0 Å². The van der Waals surface area contributed by atoms with Crippen molar-refractivity contribution in [3.05, 3.63) is 0 Å². The molecule has 1 atom stereocenters. The number of carbonyl (C=O) groups excluding carboxylic acids is 1. The standard InChI is InChI=1S/C21H39NO5.C2H7NO/c1-2-3-4-5-6-7-8-9-10-11-12-13-14-15-19(23)22-18(21(26)27)16-17-20(24)25;3-1-2-4/h18H,2-17H2,1H3,(H,22,23)(H,24,25)(H,26,27);4H,1-3H2. The minimum absolute atomic E-state index is 0.0883. The molecule has 0 aliphatic heterocycles. The van der Waals surface area contributed by atoms with Gasteiger partial charge in [-0.05, 0) is 12.8 Å². The summed E-state index contributed by atoms with van der Waals surface area (Å²) in [7, 11) is 0. The van der Waals surface area contributed by atoms with Crippen LogP contribution in [0, 0.1) is 0 Å². The molecule has 0 aromatic carbocycles. The molecular weight excluding hydrogens is 400 g/mol. The molecular formula is C23H46N2O6. The van der Waals surface area contributed by atoms with Crippen LogP contribution < -0.4 is 11.1 Å². The number of aliphatic hydroxyl groups is 1. The highest BCUT2D eigenvalue weighted by Crippen LogP contribution is 2.13. The molecule has 6 N–H and O–H groups in total. The number of aliphatic carboxylic acids is 2. The number of nitrogens with one attached hydrogen (secondary N) is 1. The van der Waals surface area contributed by atoms with Gasteiger partial charge < -0.3 is 26.4 Å². The molecule has 0 aromatic heterocycles. The van der Waals surface area contributed by atoms with Gasteiger partial charge >= 0.3 is 11.9 Å². The molecule has 31 heavy (non-hydrogen) atoms. The number of nitrogens with two attached hydrogens (primary N) is 1. The summed E-state index contributed by atoms with van der Waals surface area (Å²) in [5.41, 5.74) is 4.78. The Morgan fingerprint density at radius 2 is 1.19 bits per heavy atom. The first-order valence-electron chi connectivity index (χ1n) is 11.9. The second-order valence-corrected chi connectivity index (χ2v) is 7.90. The van der Waals surface area contributed by atoms with E-state index in [9.17, 15) is 14.4 Å². The van der Waals surface area contributed by atoms with Crippen LogP contribution >= 0.6 is 0 Å². The average Bonchev–Trinajstić information content (AvgIpc) is 2.74. The van der Waals surface area contributed by atoms with Gasteiger partial charge in [0, 0.05) is 19.4 Å². The third-order valence-electron chi connectivity index (χ3n) is 4.92. The minimum Gasteiger partial charge on any atom is -0.481 e. The van der Waals surface area contributed by atoms with Crippen LogP contribution in [-0.2, 0) is 14.4 Å². The van der Waals surface area contributed by atoms with Crippen molar-refractivity contribution >= 4 is 17.8 Å². The van der Waals surface area contributed by atoms with Gasteiger partial charge in [0.25, 0.3) is 0 Å². The monoisotopic (exact) mass is 446 g/mol. The Labute approximate surface area is 188 Å². The first-order chi connectivity index (χ1) is 14.9. The number of unbranched alkanes of at least 4 members (excludes halogenated alkanes) is 12. The lowest BCUT2D eigenvalue weighted by Crippen LogP contribution is -2.41. The van der Waals surface area contributed by atoms with E-state index in [1.165, 1.54) is 64.2 Å². The fourth-order valence-electron chi connectivity index (χ4n) is 3.10.